The molecule has 0 saturated carbocycles. The number of hydrogen-bond acceptors (Lipinski definition) is 3. The van der Waals surface area contributed by atoms with Crippen molar-refractivity contribution in [2.75, 3.05) is 13.1 Å². The highest BCUT2D eigenvalue weighted by Gasteiger charge is 2.19. The second-order valence-electron chi connectivity index (χ2n) is 3.21. The maximum absolute atomic E-state index is 11.6. The lowest BCUT2D eigenvalue weighted by Gasteiger charge is -2.22. The van der Waals surface area contributed by atoms with Gasteiger partial charge < -0.3 is 16.4 Å². The van der Waals surface area contributed by atoms with Crippen LogP contribution in [0.5, 0.6) is 0 Å². The van der Waals surface area contributed by atoms with Gasteiger partial charge in [-0.3, -0.25) is 9.59 Å². The first kappa shape index (κ1) is 12.9. The monoisotopic (exact) mass is 201 g/mol. The van der Waals surface area contributed by atoms with Crippen LogP contribution in [0.15, 0.2) is 0 Å². The van der Waals surface area contributed by atoms with Crippen LogP contribution in [-0.4, -0.2) is 35.8 Å². The first-order valence-corrected chi connectivity index (χ1v) is 4.85. The highest BCUT2D eigenvalue weighted by molar-refractivity contribution is 5.86. The zero-order valence-corrected chi connectivity index (χ0v) is 8.82. The van der Waals surface area contributed by atoms with Gasteiger partial charge in [0.15, 0.2) is 0 Å². The Balaban J connectivity index is 4.22. The highest BCUT2D eigenvalue weighted by Crippen LogP contribution is 1.99. The van der Waals surface area contributed by atoms with Crippen LogP contribution in [0.25, 0.3) is 0 Å². The van der Waals surface area contributed by atoms with Gasteiger partial charge in [-0.2, -0.15) is 0 Å². The smallest absolute Gasteiger partial charge is 0.239 e. The van der Waals surface area contributed by atoms with E-state index in [0.29, 0.717) is 13.0 Å². The third-order valence-electron chi connectivity index (χ3n) is 1.96. The summed E-state index contributed by atoms with van der Waals surface area (Å²) in [5.74, 6) is -0.711. The Morgan fingerprint density at radius 3 is 2.29 bits per heavy atom. The number of nitrogens with two attached hydrogens (primary N) is 2. The Kier molecular flexibility index (Phi) is 5.87. The van der Waals surface area contributed by atoms with E-state index in [2.05, 4.69) is 0 Å². The van der Waals surface area contributed by atoms with E-state index in [1.54, 1.807) is 6.92 Å². The molecule has 0 aliphatic heterocycles. The fourth-order valence-electron chi connectivity index (χ4n) is 1.20. The molecular weight excluding hydrogens is 182 g/mol. The summed E-state index contributed by atoms with van der Waals surface area (Å²) in [4.78, 5) is 23.6. The molecule has 0 rings (SSSR count). The van der Waals surface area contributed by atoms with Gasteiger partial charge >= 0.3 is 0 Å². The molecule has 0 spiro atoms. The van der Waals surface area contributed by atoms with Gasteiger partial charge in [-0.15, -0.1) is 0 Å². The summed E-state index contributed by atoms with van der Waals surface area (Å²) in [6, 6.07) is -0.515. The van der Waals surface area contributed by atoms with Crippen molar-refractivity contribution in [2.24, 2.45) is 11.5 Å². The normalized spacial score (nSPS) is 12.2. The number of primary amides is 1. The maximum atomic E-state index is 11.6. The van der Waals surface area contributed by atoms with E-state index < -0.39 is 11.9 Å². The van der Waals surface area contributed by atoms with Gasteiger partial charge in [0, 0.05) is 6.54 Å². The minimum Gasteiger partial charge on any atom is -0.368 e. The predicted octanol–water partition coefficient (Wildman–Crippen LogP) is -0.552. The molecule has 5 nitrogen and oxygen atoms in total. The molecule has 0 saturated heterocycles. The molecule has 14 heavy (non-hydrogen) atoms. The van der Waals surface area contributed by atoms with Crippen LogP contribution in [0.3, 0.4) is 0 Å². The summed E-state index contributed by atoms with van der Waals surface area (Å²) in [5.41, 5.74) is 10.6. The maximum Gasteiger partial charge on any atom is 0.239 e. The van der Waals surface area contributed by atoms with Gasteiger partial charge in [0.25, 0.3) is 0 Å². The first-order chi connectivity index (χ1) is 6.52. The number of rotatable bonds is 6. The fraction of sp³-hybridized carbons (Fsp3) is 0.778. The van der Waals surface area contributed by atoms with Crippen molar-refractivity contribution in [3.63, 3.8) is 0 Å². The molecule has 0 aromatic rings. The quantitative estimate of drug-likeness (QED) is 0.604. The number of amides is 2. The molecule has 0 radical (unpaired) electrons. The van der Waals surface area contributed by atoms with E-state index in [1.165, 1.54) is 4.90 Å². The lowest BCUT2D eigenvalue weighted by atomic mass is 10.1. The SMILES string of the molecule is CCC[C@@H](N)C(=O)N(CC)CC(N)=O. The summed E-state index contributed by atoms with van der Waals surface area (Å²) < 4.78 is 0. The molecule has 0 aromatic heterocycles. The van der Waals surface area contributed by atoms with E-state index in [1.807, 2.05) is 6.92 Å². The predicted molar refractivity (Wildman–Crippen MR) is 54.3 cm³/mol. The number of nitrogens with zero attached hydrogens (tertiary/aromatic N) is 1. The van der Waals surface area contributed by atoms with Crippen LogP contribution >= 0.6 is 0 Å². The third kappa shape index (κ3) is 4.23. The summed E-state index contributed by atoms with van der Waals surface area (Å²) in [7, 11) is 0. The van der Waals surface area contributed by atoms with Crippen molar-refractivity contribution in [3.05, 3.63) is 0 Å². The molecule has 0 bridgehead atoms. The molecule has 0 heterocycles. The van der Waals surface area contributed by atoms with Crippen LogP contribution in [0, 0.1) is 0 Å². The molecule has 1 atom stereocenters. The van der Waals surface area contributed by atoms with Gasteiger partial charge in [0.05, 0.1) is 12.6 Å². The number of carbonyl (C=O) groups is 2. The first-order valence-electron chi connectivity index (χ1n) is 4.85. The fourth-order valence-corrected chi connectivity index (χ4v) is 1.20. The minimum absolute atomic E-state index is 0.0489. The zero-order chi connectivity index (χ0) is 11.1. The lowest BCUT2D eigenvalue weighted by molar-refractivity contribution is -0.136. The van der Waals surface area contributed by atoms with Gasteiger partial charge in [-0.25, -0.2) is 0 Å². The van der Waals surface area contributed by atoms with E-state index in [4.69, 9.17) is 11.5 Å². The number of hydrogen-bond donors (Lipinski definition) is 2. The van der Waals surface area contributed by atoms with Gasteiger partial charge in [-0.05, 0) is 13.3 Å². The average Bonchev–Trinajstić information content (AvgIpc) is 2.13. The standard InChI is InChI=1S/C9H19N3O2/c1-3-5-7(10)9(14)12(4-2)6-8(11)13/h7H,3-6,10H2,1-2H3,(H2,11,13)/t7-/m1/s1. The summed E-state index contributed by atoms with van der Waals surface area (Å²) in [6.45, 7) is 4.16. The van der Waals surface area contributed by atoms with Crippen LogP contribution in [-0.2, 0) is 9.59 Å². The van der Waals surface area contributed by atoms with Crippen molar-refractivity contribution in [1.82, 2.24) is 4.90 Å². The highest BCUT2D eigenvalue weighted by atomic mass is 16.2. The van der Waals surface area contributed by atoms with Crippen molar-refractivity contribution in [3.8, 4) is 0 Å². The van der Waals surface area contributed by atoms with E-state index in [9.17, 15) is 9.59 Å². The summed E-state index contributed by atoms with van der Waals surface area (Å²) in [5, 5.41) is 0. The number of carbonyl (C=O) groups excluding carboxylic acids is 2. The van der Waals surface area contributed by atoms with Crippen LogP contribution in [0.1, 0.15) is 26.7 Å². The molecule has 82 valence electrons. The molecule has 0 aromatic carbocycles. The second-order valence-corrected chi connectivity index (χ2v) is 3.21. The van der Waals surface area contributed by atoms with E-state index in [-0.39, 0.29) is 12.5 Å². The van der Waals surface area contributed by atoms with E-state index >= 15 is 0 Å². The van der Waals surface area contributed by atoms with Crippen molar-refractivity contribution in [2.45, 2.75) is 32.7 Å². The Bertz CT molecular complexity index is 206. The van der Waals surface area contributed by atoms with Gasteiger partial charge in [0.2, 0.25) is 11.8 Å². The van der Waals surface area contributed by atoms with Crippen molar-refractivity contribution >= 4 is 11.8 Å². The molecule has 4 N–H and O–H groups in total. The van der Waals surface area contributed by atoms with Crippen molar-refractivity contribution in [1.29, 1.82) is 0 Å². The molecule has 0 aliphatic carbocycles. The molecule has 0 fully saturated rings. The van der Waals surface area contributed by atoms with Gasteiger partial charge in [0.1, 0.15) is 0 Å². The Morgan fingerprint density at radius 1 is 1.36 bits per heavy atom. The Hall–Kier alpha value is -1.10. The zero-order valence-electron chi connectivity index (χ0n) is 8.82. The summed E-state index contributed by atoms with van der Waals surface area (Å²) in [6.07, 6.45) is 1.48. The Labute approximate surface area is 84.4 Å². The molecular formula is C9H19N3O2. The van der Waals surface area contributed by atoms with Crippen LogP contribution in [0.2, 0.25) is 0 Å². The largest absolute Gasteiger partial charge is 0.368 e. The summed E-state index contributed by atoms with van der Waals surface area (Å²) >= 11 is 0. The van der Waals surface area contributed by atoms with E-state index in [0.717, 1.165) is 6.42 Å². The van der Waals surface area contributed by atoms with Crippen LogP contribution < -0.4 is 11.5 Å². The average molecular weight is 201 g/mol. The third-order valence-corrected chi connectivity index (χ3v) is 1.96. The number of likely N-dealkylation sites (N-methyl/N-ethyl adjacent to an activating group) is 1. The molecule has 5 heteroatoms. The van der Waals surface area contributed by atoms with Crippen LogP contribution in [0.4, 0.5) is 0 Å². The molecule has 0 unspecified atom stereocenters. The second kappa shape index (κ2) is 6.37. The van der Waals surface area contributed by atoms with Crippen molar-refractivity contribution < 1.29 is 9.59 Å². The topological polar surface area (TPSA) is 89.4 Å². The Morgan fingerprint density at radius 2 is 1.93 bits per heavy atom. The lowest BCUT2D eigenvalue weighted by Crippen LogP contribution is -2.46. The minimum atomic E-state index is -0.515. The van der Waals surface area contributed by atoms with Gasteiger partial charge in [-0.1, -0.05) is 13.3 Å². The molecule has 2 amide bonds. The molecule has 0 aliphatic rings.